The summed E-state index contributed by atoms with van der Waals surface area (Å²) >= 11 is 0. The van der Waals surface area contributed by atoms with Crippen molar-refractivity contribution in [3.8, 4) is 5.75 Å². The van der Waals surface area contributed by atoms with Gasteiger partial charge in [0, 0.05) is 0 Å². The largest absolute Gasteiger partial charge is 0.494 e. The molecule has 0 saturated carbocycles. The van der Waals surface area contributed by atoms with E-state index >= 15 is 0 Å². The first-order chi connectivity index (χ1) is 9.21. The van der Waals surface area contributed by atoms with Crippen LogP contribution in [-0.4, -0.2) is 24.9 Å². The van der Waals surface area contributed by atoms with Gasteiger partial charge in [-0.15, -0.1) is 0 Å². The summed E-state index contributed by atoms with van der Waals surface area (Å²) in [5.41, 5.74) is 0.378. The molecular weight excluding hydrogens is 251 g/mol. The third-order valence-corrected chi connectivity index (χ3v) is 3.97. The van der Waals surface area contributed by atoms with E-state index in [9.17, 15) is 0 Å². The Bertz CT molecular complexity index is 453. The normalized spacial score (nSPS) is 20.4. The van der Waals surface area contributed by atoms with E-state index < -0.39 is 0 Å². The van der Waals surface area contributed by atoms with Crippen molar-refractivity contribution in [1.29, 1.82) is 0 Å². The molecule has 3 nitrogen and oxygen atoms in total. The lowest BCUT2D eigenvalue weighted by Gasteiger charge is -2.32. The second-order valence-corrected chi connectivity index (χ2v) is 6.87. The maximum atomic E-state index is 6.05. The standard InChI is InChI=1S/C16H25BO3/c1-12(2)11-18-14-9-7-8-13(10-14)17-19-15(3,4)16(5,6)20-17/h7-10,12H,11H2,1-6H3. The molecular formula is C16H25BO3. The molecule has 110 valence electrons. The Morgan fingerprint density at radius 2 is 1.70 bits per heavy atom. The van der Waals surface area contributed by atoms with Crippen molar-refractivity contribution in [3.63, 3.8) is 0 Å². The van der Waals surface area contributed by atoms with Gasteiger partial charge in [0.2, 0.25) is 0 Å². The fourth-order valence-corrected chi connectivity index (χ4v) is 1.99. The Morgan fingerprint density at radius 3 is 2.25 bits per heavy atom. The van der Waals surface area contributed by atoms with Crippen molar-refractivity contribution in [2.24, 2.45) is 5.92 Å². The summed E-state index contributed by atoms with van der Waals surface area (Å²) in [5, 5.41) is 0. The van der Waals surface area contributed by atoms with Crippen molar-refractivity contribution in [3.05, 3.63) is 24.3 Å². The van der Waals surface area contributed by atoms with Gasteiger partial charge in [0.1, 0.15) is 5.75 Å². The maximum absolute atomic E-state index is 6.05. The van der Waals surface area contributed by atoms with Gasteiger partial charge in [0.15, 0.2) is 0 Å². The molecule has 0 N–H and O–H groups in total. The van der Waals surface area contributed by atoms with Gasteiger partial charge in [-0.3, -0.25) is 0 Å². The molecule has 1 saturated heterocycles. The number of hydrogen-bond donors (Lipinski definition) is 0. The van der Waals surface area contributed by atoms with Crippen LogP contribution < -0.4 is 10.2 Å². The highest BCUT2D eigenvalue weighted by molar-refractivity contribution is 6.62. The summed E-state index contributed by atoms with van der Waals surface area (Å²) in [6.45, 7) is 13.2. The van der Waals surface area contributed by atoms with Crippen LogP contribution >= 0.6 is 0 Å². The lowest BCUT2D eigenvalue weighted by atomic mass is 9.79. The van der Waals surface area contributed by atoms with Gasteiger partial charge in [-0.25, -0.2) is 0 Å². The SMILES string of the molecule is CC(C)COc1cccc(B2OC(C)(C)C(C)(C)O2)c1. The van der Waals surface area contributed by atoms with Crippen molar-refractivity contribution < 1.29 is 14.0 Å². The van der Waals surface area contributed by atoms with E-state index in [1.54, 1.807) is 0 Å². The summed E-state index contributed by atoms with van der Waals surface area (Å²) in [5.74, 6) is 1.38. The fourth-order valence-electron chi connectivity index (χ4n) is 1.99. The Labute approximate surface area is 122 Å². The van der Waals surface area contributed by atoms with Crippen LogP contribution in [0.1, 0.15) is 41.5 Å². The summed E-state index contributed by atoms with van der Waals surface area (Å²) in [7, 11) is -0.331. The highest BCUT2D eigenvalue weighted by Gasteiger charge is 2.51. The minimum absolute atomic E-state index is 0.313. The molecule has 0 bridgehead atoms. The molecule has 0 aliphatic carbocycles. The molecule has 0 radical (unpaired) electrons. The second kappa shape index (κ2) is 5.42. The molecule has 0 amide bonds. The minimum Gasteiger partial charge on any atom is -0.493 e. The van der Waals surface area contributed by atoms with Crippen LogP contribution in [0.15, 0.2) is 24.3 Å². The molecule has 0 atom stereocenters. The maximum Gasteiger partial charge on any atom is 0.494 e. The summed E-state index contributed by atoms with van der Waals surface area (Å²) in [6.07, 6.45) is 0. The molecule has 1 aliphatic rings. The van der Waals surface area contributed by atoms with Gasteiger partial charge in [-0.05, 0) is 51.2 Å². The third-order valence-electron chi connectivity index (χ3n) is 3.97. The second-order valence-electron chi connectivity index (χ2n) is 6.87. The van der Waals surface area contributed by atoms with Crippen molar-refractivity contribution >= 4 is 12.6 Å². The van der Waals surface area contributed by atoms with Gasteiger partial charge in [-0.1, -0.05) is 26.0 Å². The zero-order valence-corrected chi connectivity index (χ0v) is 13.4. The fraction of sp³-hybridized carbons (Fsp3) is 0.625. The Balaban J connectivity index is 2.12. The zero-order valence-electron chi connectivity index (χ0n) is 13.4. The molecule has 0 aromatic heterocycles. The van der Waals surface area contributed by atoms with E-state index in [0.717, 1.165) is 11.2 Å². The molecule has 2 rings (SSSR count). The van der Waals surface area contributed by atoms with Crippen molar-refractivity contribution in [1.82, 2.24) is 0 Å². The predicted octanol–water partition coefficient (Wildman–Crippen LogP) is 3.02. The molecule has 1 fully saturated rings. The smallest absolute Gasteiger partial charge is 0.493 e. The first kappa shape index (κ1) is 15.4. The minimum atomic E-state index is -0.331. The molecule has 1 aromatic rings. The van der Waals surface area contributed by atoms with Gasteiger partial charge >= 0.3 is 7.12 Å². The van der Waals surface area contributed by atoms with E-state index in [1.807, 2.05) is 24.3 Å². The summed E-state index contributed by atoms with van der Waals surface area (Å²) in [6, 6.07) is 7.97. The molecule has 4 heteroatoms. The third kappa shape index (κ3) is 3.18. The number of rotatable bonds is 4. The van der Waals surface area contributed by atoms with E-state index in [0.29, 0.717) is 12.5 Å². The predicted molar refractivity (Wildman–Crippen MR) is 82.5 cm³/mol. The lowest BCUT2D eigenvalue weighted by Crippen LogP contribution is -2.41. The lowest BCUT2D eigenvalue weighted by molar-refractivity contribution is 0.00578. The molecule has 0 unspecified atom stereocenters. The molecule has 1 aromatic carbocycles. The van der Waals surface area contributed by atoms with Gasteiger partial charge in [-0.2, -0.15) is 0 Å². The number of benzene rings is 1. The Morgan fingerprint density at radius 1 is 1.10 bits per heavy atom. The van der Waals surface area contributed by atoms with Crippen LogP contribution in [0.4, 0.5) is 0 Å². The average Bonchev–Trinajstić information content (AvgIpc) is 2.56. The van der Waals surface area contributed by atoms with Crippen LogP contribution in [0.2, 0.25) is 0 Å². The molecule has 20 heavy (non-hydrogen) atoms. The zero-order chi connectivity index (χ0) is 15.0. The quantitative estimate of drug-likeness (QED) is 0.791. The van der Waals surface area contributed by atoms with Gasteiger partial charge in [0.05, 0.1) is 17.8 Å². The van der Waals surface area contributed by atoms with E-state index in [-0.39, 0.29) is 18.3 Å². The van der Waals surface area contributed by atoms with Crippen LogP contribution in [0, 0.1) is 5.92 Å². The highest BCUT2D eigenvalue weighted by Crippen LogP contribution is 2.36. The van der Waals surface area contributed by atoms with Gasteiger partial charge < -0.3 is 14.0 Å². The topological polar surface area (TPSA) is 27.7 Å². The van der Waals surface area contributed by atoms with E-state index in [2.05, 4.69) is 41.5 Å². The Kier molecular flexibility index (Phi) is 4.17. The average molecular weight is 276 g/mol. The van der Waals surface area contributed by atoms with Crippen LogP contribution in [0.3, 0.4) is 0 Å². The summed E-state index contributed by atoms with van der Waals surface area (Å²) < 4.78 is 17.9. The van der Waals surface area contributed by atoms with E-state index in [4.69, 9.17) is 14.0 Å². The van der Waals surface area contributed by atoms with Crippen molar-refractivity contribution in [2.75, 3.05) is 6.61 Å². The van der Waals surface area contributed by atoms with Gasteiger partial charge in [0.25, 0.3) is 0 Å². The molecule has 1 aliphatic heterocycles. The van der Waals surface area contributed by atoms with Crippen molar-refractivity contribution in [2.45, 2.75) is 52.7 Å². The molecule has 0 spiro atoms. The highest BCUT2D eigenvalue weighted by atomic mass is 16.7. The molecule has 1 heterocycles. The van der Waals surface area contributed by atoms with Crippen LogP contribution in [0.5, 0.6) is 5.75 Å². The monoisotopic (exact) mass is 276 g/mol. The van der Waals surface area contributed by atoms with Crippen LogP contribution in [-0.2, 0) is 9.31 Å². The first-order valence-electron chi connectivity index (χ1n) is 7.30. The number of hydrogen-bond acceptors (Lipinski definition) is 3. The summed E-state index contributed by atoms with van der Waals surface area (Å²) in [4.78, 5) is 0. The number of ether oxygens (including phenoxy) is 1. The van der Waals surface area contributed by atoms with E-state index in [1.165, 1.54) is 0 Å². The first-order valence-corrected chi connectivity index (χ1v) is 7.30. The Hall–Kier alpha value is -0.995. The van der Waals surface area contributed by atoms with Crippen LogP contribution in [0.25, 0.3) is 0 Å².